The van der Waals surface area contributed by atoms with Gasteiger partial charge in [-0.3, -0.25) is 9.69 Å². The molecule has 5 rings (SSSR count). The summed E-state index contributed by atoms with van der Waals surface area (Å²) in [5.41, 5.74) is 2.64. The van der Waals surface area contributed by atoms with E-state index in [1.54, 1.807) is 18.2 Å². The molecule has 1 amide bonds. The fourth-order valence-electron chi connectivity index (χ4n) is 4.10. The number of ether oxygens (including phenoxy) is 3. The summed E-state index contributed by atoms with van der Waals surface area (Å²) in [6, 6.07) is 11.0. The van der Waals surface area contributed by atoms with Crippen LogP contribution in [0.1, 0.15) is 25.1 Å². The Hall–Kier alpha value is -3.26. The summed E-state index contributed by atoms with van der Waals surface area (Å²) in [5.74, 6) is 2.67. The third-order valence-corrected chi connectivity index (χ3v) is 5.78. The van der Waals surface area contributed by atoms with E-state index in [2.05, 4.69) is 14.8 Å². The minimum atomic E-state index is -0.235. The first-order valence-corrected chi connectivity index (χ1v) is 10.7. The average Bonchev–Trinajstić information content (AvgIpc) is 3.37. The first-order chi connectivity index (χ1) is 15.2. The van der Waals surface area contributed by atoms with Crippen LogP contribution in [0.25, 0.3) is 11.0 Å². The zero-order valence-corrected chi connectivity index (χ0v) is 17.6. The van der Waals surface area contributed by atoms with Crippen molar-refractivity contribution < 1.29 is 19.0 Å². The molecular weight excluding hydrogens is 396 g/mol. The van der Waals surface area contributed by atoms with Gasteiger partial charge in [0, 0.05) is 18.8 Å². The van der Waals surface area contributed by atoms with Gasteiger partial charge in [-0.25, -0.2) is 4.98 Å². The maximum absolute atomic E-state index is 12.4. The minimum absolute atomic E-state index is 0.0971. The lowest BCUT2D eigenvalue weighted by atomic mass is 10.1. The van der Waals surface area contributed by atoms with Gasteiger partial charge in [0.15, 0.2) is 18.1 Å². The van der Waals surface area contributed by atoms with E-state index in [-0.39, 0.29) is 19.3 Å². The molecule has 0 radical (unpaired) electrons. The first kappa shape index (κ1) is 19.7. The van der Waals surface area contributed by atoms with Crippen LogP contribution in [-0.2, 0) is 18.4 Å². The van der Waals surface area contributed by atoms with Gasteiger partial charge < -0.3 is 24.1 Å². The monoisotopic (exact) mass is 422 g/mol. The number of anilines is 1. The number of benzene rings is 2. The number of fused-ring (bicyclic) bond motifs is 2. The second-order valence-electron chi connectivity index (χ2n) is 7.98. The molecule has 0 bridgehead atoms. The highest BCUT2D eigenvalue weighted by Crippen LogP contribution is 2.35. The Morgan fingerprint density at radius 1 is 1.10 bits per heavy atom. The van der Waals surface area contributed by atoms with Crippen molar-refractivity contribution in [2.45, 2.75) is 25.8 Å². The lowest BCUT2D eigenvalue weighted by molar-refractivity contribution is -0.118. The number of carbonyl (C=O) groups excluding carboxylic acids is 1. The molecule has 2 aromatic carbocycles. The zero-order chi connectivity index (χ0) is 21.2. The van der Waals surface area contributed by atoms with Crippen LogP contribution in [0.2, 0.25) is 0 Å². The molecule has 0 unspecified atom stereocenters. The molecule has 0 saturated carbocycles. The van der Waals surface area contributed by atoms with Crippen LogP contribution in [0, 0.1) is 0 Å². The van der Waals surface area contributed by atoms with E-state index in [0.717, 1.165) is 36.5 Å². The number of nitrogens with zero attached hydrogens (tertiary/aromatic N) is 3. The van der Waals surface area contributed by atoms with Gasteiger partial charge in [0.05, 0.1) is 17.6 Å². The summed E-state index contributed by atoms with van der Waals surface area (Å²) >= 11 is 0. The van der Waals surface area contributed by atoms with E-state index in [1.807, 2.05) is 25.2 Å². The Bertz CT molecular complexity index is 1100. The van der Waals surface area contributed by atoms with Crippen LogP contribution in [0.15, 0.2) is 36.4 Å². The molecule has 3 heterocycles. The molecule has 8 heteroatoms. The normalized spacial score (nSPS) is 15.9. The van der Waals surface area contributed by atoms with Crippen LogP contribution >= 0.6 is 0 Å². The fourth-order valence-corrected chi connectivity index (χ4v) is 4.10. The molecule has 0 aliphatic carbocycles. The van der Waals surface area contributed by atoms with Crippen molar-refractivity contribution in [3.63, 3.8) is 0 Å². The summed E-state index contributed by atoms with van der Waals surface area (Å²) in [5, 5.41) is 2.89. The van der Waals surface area contributed by atoms with Gasteiger partial charge in [-0.05, 0) is 56.3 Å². The molecule has 162 valence electrons. The maximum Gasteiger partial charge on any atom is 0.262 e. The van der Waals surface area contributed by atoms with E-state index in [0.29, 0.717) is 22.9 Å². The molecule has 2 aliphatic rings. The number of amides is 1. The van der Waals surface area contributed by atoms with Gasteiger partial charge in [0.2, 0.25) is 6.79 Å². The number of carbonyl (C=O) groups is 1. The molecule has 2 aliphatic heterocycles. The van der Waals surface area contributed by atoms with E-state index in [9.17, 15) is 4.79 Å². The van der Waals surface area contributed by atoms with Gasteiger partial charge >= 0.3 is 0 Å². The van der Waals surface area contributed by atoms with E-state index >= 15 is 0 Å². The molecule has 1 fully saturated rings. The van der Waals surface area contributed by atoms with Crippen LogP contribution in [0.3, 0.4) is 0 Å². The third kappa shape index (κ3) is 4.29. The largest absolute Gasteiger partial charge is 0.484 e. The van der Waals surface area contributed by atoms with Gasteiger partial charge in [-0.1, -0.05) is 6.42 Å². The molecule has 0 spiro atoms. The quantitative estimate of drug-likeness (QED) is 0.657. The number of hydrogen-bond acceptors (Lipinski definition) is 6. The summed E-state index contributed by atoms with van der Waals surface area (Å²) in [6.07, 6.45) is 3.84. The molecule has 3 aromatic rings. The highest BCUT2D eigenvalue weighted by Gasteiger charge is 2.16. The number of likely N-dealkylation sites (tertiary alicyclic amines) is 1. The SMILES string of the molecule is Cn1c(CN2CCCCC2)nc2cc(NC(=O)COc3ccc4c(c3)OCO4)ccc21. The van der Waals surface area contributed by atoms with Crippen molar-refractivity contribution in [1.82, 2.24) is 14.5 Å². The first-order valence-electron chi connectivity index (χ1n) is 10.7. The number of aromatic nitrogens is 2. The Kier molecular flexibility index (Phi) is 5.38. The Labute approximate surface area is 180 Å². The Morgan fingerprint density at radius 3 is 2.81 bits per heavy atom. The zero-order valence-electron chi connectivity index (χ0n) is 17.6. The van der Waals surface area contributed by atoms with Gasteiger partial charge in [-0.2, -0.15) is 0 Å². The number of nitrogens with one attached hydrogen (secondary N) is 1. The predicted molar refractivity (Wildman–Crippen MR) is 117 cm³/mol. The summed E-state index contributed by atoms with van der Waals surface area (Å²) in [4.78, 5) is 19.6. The molecule has 1 N–H and O–H groups in total. The minimum Gasteiger partial charge on any atom is -0.484 e. The lowest BCUT2D eigenvalue weighted by Gasteiger charge is -2.25. The Balaban J connectivity index is 1.22. The number of imidazole rings is 1. The number of hydrogen-bond donors (Lipinski definition) is 1. The van der Waals surface area contributed by atoms with Gasteiger partial charge in [0.25, 0.3) is 5.91 Å². The van der Waals surface area contributed by atoms with Crippen LogP contribution in [0.4, 0.5) is 5.69 Å². The predicted octanol–water partition coefficient (Wildman–Crippen LogP) is 3.31. The molecule has 31 heavy (non-hydrogen) atoms. The van der Waals surface area contributed by atoms with Crippen molar-refractivity contribution in [1.29, 1.82) is 0 Å². The highest BCUT2D eigenvalue weighted by atomic mass is 16.7. The van der Waals surface area contributed by atoms with Gasteiger partial charge in [0.1, 0.15) is 11.6 Å². The van der Waals surface area contributed by atoms with Gasteiger partial charge in [-0.15, -0.1) is 0 Å². The third-order valence-electron chi connectivity index (χ3n) is 5.78. The molecule has 1 saturated heterocycles. The Morgan fingerprint density at radius 2 is 1.94 bits per heavy atom. The van der Waals surface area contributed by atoms with Crippen LogP contribution < -0.4 is 19.5 Å². The second kappa shape index (κ2) is 8.47. The van der Waals surface area contributed by atoms with E-state index in [1.165, 1.54) is 19.3 Å². The van der Waals surface area contributed by atoms with Crippen molar-refractivity contribution >= 4 is 22.6 Å². The second-order valence-corrected chi connectivity index (χ2v) is 7.98. The van der Waals surface area contributed by atoms with Crippen molar-refractivity contribution in [2.24, 2.45) is 7.05 Å². The number of rotatable bonds is 6. The summed E-state index contributed by atoms with van der Waals surface area (Å²) in [6.45, 7) is 3.23. The summed E-state index contributed by atoms with van der Waals surface area (Å²) in [7, 11) is 2.05. The standard InChI is InChI=1S/C23H26N4O4/c1-26-19-7-5-16(11-18(19)25-22(26)13-27-9-3-2-4-10-27)24-23(28)14-29-17-6-8-20-21(12-17)31-15-30-20/h5-8,11-12H,2-4,9-10,13-15H2,1H3,(H,24,28). The maximum atomic E-state index is 12.4. The van der Waals surface area contributed by atoms with Crippen molar-refractivity contribution in [3.05, 3.63) is 42.2 Å². The highest BCUT2D eigenvalue weighted by molar-refractivity contribution is 5.94. The lowest BCUT2D eigenvalue weighted by Crippen LogP contribution is -2.30. The topological polar surface area (TPSA) is 77.9 Å². The van der Waals surface area contributed by atoms with Crippen LogP contribution in [-0.4, -0.2) is 46.8 Å². The number of piperidine rings is 1. The molecule has 0 atom stereocenters. The summed E-state index contributed by atoms with van der Waals surface area (Å²) < 4.78 is 18.3. The van der Waals surface area contributed by atoms with E-state index < -0.39 is 0 Å². The van der Waals surface area contributed by atoms with Crippen LogP contribution in [0.5, 0.6) is 17.2 Å². The fraction of sp³-hybridized carbons (Fsp3) is 0.391. The van der Waals surface area contributed by atoms with Crippen molar-refractivity contribution in [2.75, 3.05) is 31.8 Å². The van der Waals surface area contributed by atoms with E-state index in [4.69, 9.17) is 19.2 Å². The average molecular weight is 422 g/mol. The molecular formula is C23H26N4O4. The smallest absolute Gasteiger partial charge is 0.262 e. The van der Waals surface area contributed by atoms with Crippen molar-refractivity contribution in [3.8, 4) is 17.2 Å². The molecule has 8 nitrogen and oxygen atoms in total. The number of aryl methyl sites for hydroxylation is 1. The molecule has 1 aromatic heterocycles.